The van der Waals surface area contributed by atoms with Gasteiger partial charge in [0, 0.05) is 13.0 Å². The summed E-state index contributed by atoms with van der Waals surface area (Å²) < 4.78 is 19.1. The number of amides is 1. The van der Waals surface area contributed by atoms with Gasteiger partial charge in [-0.05, 0) is 46.8 Å². The van der Waals surface area contributed by atoms with E-state index in [1.807, 2.05) is 6.92 Å². The summed E-state index contributed by atoms with van der Waals surface area (Å²) in [7, 11) is 1.24. The smallest absolute Gasteiger partial charge is 0.340 e. The van der Waals surface area contributed by atoms with Crippen molar-refractivity contribution >= 4 is 33.5 Å². The Bertz CT molecular complexity index is 599. The van der Waals surface area contributed by atoms with E-state index in [9.17, 15) is 14.0 Å². The minimum absolute atomic E-state index is 0.0774. The number of benzene rings is 1. The molecule has 2 rings (SSSR count). The lowest BCUT2D eigenvalue weighted by Crippen LogP contribution is -2.33. The van der Waals surface area contributed by atoms with Crippen LogP contribution in [0.3, 0.4) is 0 Å². The molecule has 1 amide bonds. The first-order valence-corrected chi connectivity index (χ1v) is 7.60. The molecule has 0 aromatic heterocycles. The average Bonchev–Trinajstić information content (AvgIpc) is 3.26. The van der Waals surface area contributed by atoms with Gasteiger partial charge in [0.15, 0.2) is 0 Å². The number of halogens is 2. The fraction of sp³-hybridized carbons (Fsp3) is 0.467. The van der Waals surface area contributed by atoms with Gasteiger partial charge in [-0.2, -0.15) is 0 Å². The van der Waals surface area contributed by atoms with Crippen LogP contribution in [0.4, 0.5) is 10.1 Å². The number of hydrogen-bond donors (Lipinski definition) is 0. The van der Waals surface area contributed by atoms with Crippen LogP contribution in [0.1, 0.15) is 42.6 Å². The van der Waals surface area contributed by atoms with Crippen molar-refractivity contribution in [3.63, 3.8) is 0 Å². The predicted octanol–water partition coefficient (Wildman–Crippen LogP) is 3.45. The van der Waals surface area contributed by atoms with Gasteiger partial charge in [0.2, 0.25) is 5.91 Å². The monoisotopic (exact) mass is 357 g/mol. The SMILES string of the molecule is CCc1c(Br)c(F)cc(C(=O)OC)c1N(C(C)=O)C1CC1. The number of nitrogens with zero attached hydrogens (tertiary/aromatic N) is 1. The lowest BCUT2D eigenvalue weighted by atomic mass is 10.0. The lowest BCUT2D eigenvalue weighted by molar-refractivity contribution is -0.116. The summed E-state index contributed by atoms with van der Waals surface area (Å²) in [6.45, 7) is 3.31. The van der Waals surface area contributed by atoms with E-state index in [4.69, 9.17) is 4.74 Å². The lowest BCUT2D eigenvalue weighted by Gasteiger charge is -2.26. The van der Waals surface area contributed by atoms with Crippen LogP contribution in [0.2, 0.25) is 0 Å². The second-order valence-corrected chi connectivity index (χ2v) is 5.81. The Morgan fingerprint density at radius 2 is 2.10 bits per heavy atom. The summed E-state index contributed by atoms with van der Waals surface area (Å²) in [5.41, 5.74) is 1.17. The van der Waals surface area contributed by atoms with E-state index in [0.29, 0.717) is 22.1 Å². The number of anilines is 1. The van der Waals surface area contributed by atoms with Crippen molar-refractivity contribution < 1.29 is 18.7 Å². The molecule has 1 saturated carbocycles. The molecule has 0 spiro atoms. The van der Waals surface area contributed by atoms with Gasteiger partial charge in [0.1, 0.15) is 5.82 Å². The van der Waals surface area contributed by atoms with Crippen molar-refractivity contribution in [1.82, 2.24) is 0 Å². The molecule has 0 saturated heterocycles. The van der Waals surface area contributed by atoms with Gasteiger partial charge in [0.25, 0.3) is 0 Å². The second-order valence-electron chi connectivity index (χ2n) is 5.01. The Labute approximate surface area is 131 Å². The number of carbonyl (C=O) groups excluding carboxylic acids is 2. The number of rotatable bonds is 4. The topological polar surface area (TPSA) is 46.6 Å². The van der Waals surface area contributed by atoms with E-state index in [-0.39, 0.29) is 17.5 Å². The molecular formula is C15H17BrFNO3. The van der Waals surface area contributed by atoms with Crippen LogP contribution in [0.5, 0.6) is 0 Å². The maximum absolute atomic E-state index is 14.0. The molecule has 0 radical (unpaired) electrons. The molecule has 1 aromatic carbocycles. The highest BCUT2D eigenvalue weighted by Gasteiger charge is 2.36. The zero-order valence-corrected chi connectivity index (χ0v) is 13.8. The number of esters is 1. The van der Waals surface area contributed by atoms with Crippen LogP contribution >= 0.6 is 15.9 Å². The van der Waals surface area contributed by atoms with Gasteiger partial charge in [-0.3, -0.25) is 4.79 Å². The van der Waals surface area contributed by atoms with E-state index < -0.39 is 11.8 Å². The van der Waals surface area contributed by atoms with Gasteiger partial charge in [-0.1, -0.05) is 6.92 Å². The van der Waals surface area contributed by atoms with Crippen LogP contribution < -0.4 is 4.90 Å². The van der Waals surface area contributed by atoms with Gasteiger partial charge in [-0.25, -0.2) is 9.18 Å². The summed E-state index contributed by atoms with van der Waals surface area (Å²) in [4.78, 5) is 25.6. The van der Waals surface area contributed by atoms with Gasteiger partial charge in [0.05, 0.1) is 22.8 Å². The van der Waals surface area contributed by atoms with Crippen molar-refractivity contribution in [3.8, 4) is 0 Å². The number of hydrogen-bond acceptors (Lipinski definition) is 3. The molecule has 1 aliphatic rings. The van der Waals surface area contributed by atoms with Gasteiger partial charge >= 0.3 is 5.97 Å². The highest BCUT2D eigenvalue weighted by atomic mass is 79.9. The van der Waals surface area contributed by atoms with E-state index in [1.54, 1.807) is 4.90 Å². The highest BCUT2D eigenvalue weighted by Crippen LogP contribution is 2.40. The Balaban J connectivity index is 2.72. The Hall–Kier alpha value is -1.43. The molecule has 4 nitrogen and oxygen atoms in total. The van der Waals surface area contributed by atoms with Crippen molar-refractivity contribution in [2.45, 2.75) is 39.2 Å². The van der Waals surface area contributed by atoms with Crippen LogP contribution in [-0.4, -0.2) is 25.0 Å². The first kappa shape index (κ1) is 15.9. The third-order valence-electron chi connectivity index (χ3n) is 3.54. The van der Waals surface area contributed by atoms with Crippen molar-refractivity contribution in [2.75, 3.05) is 12.0 Å². The zero-order valence-electron chi connectivity index (χ0n) is 12.2. The van der Waals surface area contributed by atoms with Crippen LogP contribution in [0.15, 0.2) is 10.5 Å². The first-order valence-electron chi connectivity index (χ1n) is 6.81. The summed E-state index contributed by atoms with van der Waals surface area (Å²) in [6.07, 6.45) is 2.27. The minimum Gasteiger partial charge on any atom is -0.465 e. The van der Waals surface area contributed by atoms with Crippen LogP contribution in [0.25, 0.3) is 0 Å². The predicted molar refractivity (Wildman–Crippen MR) is 81.0 cm³/mol. The van der Waals surface area contributed by atoms with Gasteiger partial charge in [-0.15, -0.1) is 0 Å². The second kappa shape index (κ2) is 6.13. The molecular weight excluding hydrogens is 341 g/mol. The summed E-state index contributed by atoms with van der Waals surface area (Å²) >= 11 is 3.22. The fourth-order valence-corrected chi connectivity index (χ4v) is 3.04. The molecule has 1 aliphatic carbocycles. The molecule has 0 bridgehead atoms. The van der Waals surface area contributed by atoms with Gasteiger partial charge < -0.3 is 9.64 Å². The van der Waals surface area contributed by atoms with Crippen LogP contribution in [0, 0.1) is 5.82 Å². The quantitative estimate of drug-likeness (QED) is 0.775. The normalized spacial score (nSPS) is 14.0. The largest absolute Gasteiger partial charge is 0.465 e. The minimum atomic E-state index is -0.641. The maximum Gasteiger partial charge on any atom is 0.340 e. The molecule has 0 atom stereocenters. The average molecular weight is 358 g/mol. The maximum atomic E-state index is 14.0. The molecule has 0 unspecified atom stereocenters. The molecule has 0 N–H and O–H groups in total. The fourth-order valence-electron chi connectivity index (χ4n) is 2.46. The van der Waals surface area contributed by atoms with E-state index >= 15 is 0 Å². The molecule has 6 heteroatoms. The number of ether oxygens (including phenoxy) is 1. The number of methoxy groups -OCH3 is 1. The summed E-state index contributed by atoms with van der Waals surface area (Å²) in [5.74, 6) is -1.33. The third-order valence-corrected chi connectivity index (χ3v) is 4.40. The van der Waals surface area contributed by atoms with Crippen molar-refractivity contribution in [1.29, 1.82) is 0 Å². The molecule has 1 fully saturated rings. The van der Waals surface area contributed by atoms with E-state index in [2.05, 4.69) is 15.9 Å². The zero-order chi connectivity index (χ0) is 15.7. The van der Waals surface area contributed by atoms with Crippen LogP contribution in [-0.2, 0) is 16.0 Å². The Morgan fingerprint density at radius 3 is 2.52 bits per heavy atom. The van der Waals surface area contributed by atoms with E-state index in [1.165, 1.54) is 14.0 Å². The number of carbonyl (C=O) groups is 2. The first-order chi connectivity index (χ1) is 9.92. The van der Waals surface area contributed by atoms with E-state index in [0.717, 1.165) is 18.9 Å². The molecule has 114 valence electrons. The van der Waals surface area contributed by atoms with Crippen molar-refractivity contribution in [2.24, 2.45) is 0 Å². The molecule has 0 heterocycles. The Kier molecular flexibility index (Phi) is 4.66. The Morgan fingerprint density at radius 1 is 1.48 bits per heavy atom. The molecule has 21 heavy (non-hydrogen) atoms. The van der Waals surface area contributed by atoms with Crippen molar-refractivity contribution in [3.05, 3.63) is 27.5 Å². The summed E-state index contributed by atoms with van der Waals surface area (Å²) in [5, 5.41) is 0. The molecule has 1 aromatic rings. The standard InChI is InChI=1S/C15H17BrFNO3/c1-4-10-13(16)12(17)7-11(15(20)21-3)14(10)18(8(2)19)9-5-6-9/h7,9H,4-6H2,1-3H3. The highest BCUT2D eigenvalue weighted by molar-refractivity contribution is 9.10. The summed E-state index contributed by atoms with van der Waals surface area (Å²) in [6, 6.07) is 1.21. The third kappa shape index (κ3) is 2.95. The molecule has 0 aliphatic heterocycles.